The van der Waals surface area contributed by atoms with E-state index in [2.05, 4.69) is 25.7 Å². The first-order valence-electron chi connectivity index (χ1n) is 4.78. The topological polar surface area (TPSA) is 45.9 Å². The van der Waals surface area contributed by atoms with E-state index in [0.717, 1.165) is 6.07 Å². The van der Waals surface area contributed by atoms with Gasteiger partial charge in [-0.15, -0.1) is 13.2 Å². The van der Waals surface area contributed by atoms with Gasteiger partial charge in [0.1, 0.15) is 0 Å². The lowest BCUT2D eigenvalue weighted by Crippen LogP contribution is -2.20. The molecule has 104 valence electrons. The molecular formula is C10H6BrF5N2O. The maximum atomic E-state index is 12.8. The van der Waals surface area contributed by atoms with E-state index in [-0.39, 0.29) is 11.0 Å². The van der Waals surface area contributed by atoms with Gasteiger partial charge in [0.05, 0.1) is 29.4 Å². The second-order valence-electron chi connectivity index (χ2n) is 3.30. The zero-order valence-electron chi connectivity index (χ0n) is 9.14. The first-order valence-corrected chi connectivity index (χ1v) is 5.90. The summed E-state index contributed by atoms with van der Waals surface area (Å²) < 4.78 is 65.7. The van der Waals surface area contributed by atoms with Gasteiger partial charge in [0.25, 0.3) is 6.43 Å². The Morgan fingerprint density at radius 3 is 2.47 bits per heavy atom. The second-order valence-corrected chi connectivity index (χ2v) is 3.86. The molecule has 0 saturated carbocycles. The molecule has 19 heavy (non-hydrogen) atoms. The molecule has 0 amide bonds. The fourth-order valence-electron chi connectivity index (χ4n) is 1.33. The number of halogens is 6. The summed E-state index contributed by atoms with van der Waals surface area (Å²) in [6.45, 7) is 0. The van der Waals surface area contributed by atoms with E-state index in [0.29, 0.717) is 0 Å². The molecule has 1 aromatic rings. The molecule has 0 aromatic carbocycles. The number of alkyl halides is 6. The van der Waals surface area contributed by atoms with Crippen molar-refractivity contribution in [3.05, 3.63) is 23.0 Å². The van der Waals surface area contributed by atoms with Crippen molar-refractivity contribution in [3.63, 3.8) is 0 Å². The summed E-state index contributed by atoms with van der Waals surface area (Å²) in [6.07, 6.45) is -8.87. The van der Waals surface area contributed by atoms with Gasteiger partial charge in [-0.1, -0.05) is 15.9 Å². The lowest BCUT2D eigenvalue weighted by atomic mass is 10.1. The number of hydrogen-bond donors (Lipinski definition) is 0. The van der Waals surface area contributed by atoms with Gasteiger partial charge in [-0.3, -0.25) is 4.98 Å². The van der Waals surface area contributed by atoms with Gasteiger partial charge in [0.15, 0.2) is 5.75 Å². The average molecular weight is 345 g/mol. The molecule has 0 aliphatic rings. The normalized spacial score (nSPS) is 11.5. The van der Waals surface area contributed by atoms with Gasteiger partial charge in [-0.25, -0.2) is 8.78 Å². The van der Waals surface area contributed by atoms with Crippen LogP contribution in [0.25, 0.3) is 0 Å². The molecule has 1 heterocycles. The minimum Gasteiger partial charge on any atom is -0.403 e. The predicted molar refractivity (Wildman–Crippen MR) is 57.8 cm³/mol. The molecule has 0 unspecified atom stereocenters. The number of ether oxygens (including phenoxy) is 1. The highest BCUT2D eigenvalue weighted by Crippen LogP contribution is 2.36. The minimum atomic E-state index is -5.13. The molecule has 0 atom stereocenters. The zero-order chi connectivity index (χ0) is 14.6. The smallest absolute Gasteiger partial charge is 0.403 e. The Labute approximate surface area is 113 Å². The van der Waals surface area contributed by atoms with Crippen molar-refractivity contribution in [2.75, 3.05) is 0 Å². The van der Waals surface area contributed by atoms with E-state index in [1.807, 2.05) is 0 Å². The van der Waals surface area contributed by atoms with E-state index in [4.69, 9.17) is 5.26 Å². The average Bonchev–Trinajstić information content (AvgIpc) is 2.29. The monoisotopic (exact) mass is 344 g/mol. The first-order chi connectivity index (χ1) is 8.78. The Morgan fingerprint density at radius 1 is 1.42 bits per heavy atom. The van der Waals surface area contributed by atoms with Crippen molar-refractivity contribution < 1.29 is 26.7 Å². The Kier molecular flexibility index (Phi) is 5.05. The summed E-state index contributed by atoms with van der Waals surface area (Å²) >= 11 is 2.96. The number of nitriles is 1. The van der Waals surface area contributed by atoms with Crippen molar-refractivity contribution in [2.24, 2.45) is 0 Å². The summed E-state index contributed by atoms with van der Waals surface area (Å²) in [7, 11) is 0. The van der Waals surface area contributed by atoms with E-state index in [1.165, 1.54) is 0 Å². The Hall–Kier alpha value is -1.43. The molecule has 0 saturated heterocycles. The highest BCUT2D eigenvalue weighted by Gasteiger charge is 2.35. The number of pyridine rings is 1. The van der Waals surface area contributed by atoms with Crippen molar-refractivity contribution >= 4 is 15.9 Å². The van der Waals surface area contributed by atoms with Gasteiger partial charge in [0.2, 0.25) is 0 Å². The van der Waals surface area contributed by atoms with Crippen LogP contribution < -0.4 is 4.74 Å². The summed E-state index contributed by atoms with van der Waals surface area (Å²) in [5.41, 5.74) is -1.31. The van der Waals surface area contributed by atoms with Crippen LogP contribution in [-0.2, 0) is 11.8 Å². The standard InChI is InChI=1S/C10H6BrF5N2O/c11-4-5-3-6(9(12)13)8(19-10(14,15)16)7(18-5)1-2-17/h3,9H,1,4H2. The molecule has 3 nitrogen and oxygen atoms in total. The van der Waals surface area contributed by atoms with Crippen LogP contribution in [0.3, 0.4) is 0 Å². The molecule has 0 N–H and O–H groups in total. The summed E-state index contributed by atoms with van der Waals surface area (Å²) in [4.78, 5) is 3.68. The Morgan fingerprint density at radius 2 is 2.05 bits per heavy atom. The minimum absolute atomic E-state index is 0.0669. The fourth-order valence-corrected chi connectivity index (χ4v) is 1.61. The summed E-state index contributed by atoms with van der Waals surface area (Å²) in [5, 5.41) is 8.58. The summed E-state index contributed by atoms with van der Waals surface area (Å²) in [6, 6.07) is 2.36. The van der Waals surface area contributed by atoms with E-state index < -0.39 is 36.2 Å². The van der Waals surface area contributed by atoms with Crippen molar-refractivity contribution in [1.82, 2.24) is 4.98 Å². The maximum Gasteiger partial charge on any atom is 0.573 e. The fraction of sp³-hybridized carbons (Fsp3) is 0.400. The molecule has 9 heteroatoms. The van der Waals surface area contributed by atoms with Gasteiger partial charge in [-0.05, 0) is 6.07 Å². The van der Waals surface area contributed by atoms with Crippen LogP contribution in [0.5, 0.6) is 5.75 Å². The third-order valence-electron chi connectivity index (χ3n) is 1.96. The molecule has 0 aliphatic carbocycles. The van der Waals surface area contributed by atoms with Crippen molar-refractivity contribution in [3.8, 4) is 11.8 Å². The number of hydrogen-bond acceptors (Lipinski definition) is 3. The molecule has 0 fully saturated rings. The Bertz CT molecular complexity index is 498. The van der Waals surface area contributed by atoms with E-state index in [1.54, 1.807) is 6.07 Å². The lowest BCUT2D eigenvalue weighted by Gasteiger charge is -2.16. The molecule has 0 radical (unpaired) electrons. The van der Waals surface area contributed by atoms with Gasteiger partial charge < -0.3 is 4.74 Å². The molecule has 0 spiro atoms. The third kappa shape index (κ3) is 4.31. The third-order valence-corrected chi connectivity index (χ3v) is 2.54. The predicted octanol–water partition coefficient (Wildman–Crippen LogP) is 3.88. The highest BCUT2D eigenvalue weighted by atomic mass is 79.9. The SMILES string of the molecule is N#CCc1nc(CBr)cc(C(F)F)c1OC(F)(F)F. The van der Waals surface area contributed by atoms with Gasteiger partial charge in [-0.2, -0.15) is 5.26 Å². The summed E-state index contributed by atoms with van der Waals surface area (Å²) in [5.74, 6) is -1.10. The number of nitrogens with zero attached hydrogens (tertiary/aromatic N) is 2. The van der Waals surface area contributed by atoms with E-state index >= 15 is 0 Å². The molecule has 0 aliphatic heterocycles. The number of aromatic nitrogens is 1. The Balaban J connectivity index is 3.41. The van der Waals surface area contributed by atoms with Crippen LogP contribution in [0.2, 0.25) is 0 Å². The maximum absolute atomic E-state index is 12.8. The lowest BCUT2D eigenvalue weighted by molar-refractivity contribution is -0.275. The van der Waals surface area contributed by atoms with Crippen LogP contribution in [0.4, 0.5) is 22.0 Å². The van der Waals surface area contributed by atoms with Crippen molar-refractivity contribution in [2.45, 2.75) is 24.5 Å². The van der Waals surface area contributed by atoms with Crippen LogP contribution in [0.15, 0.2) is 6.07 Å². The van der Waals surface area contributed by atoms with Crippen LogP contribution in [0, 0.1) is 11.3 Å². The van der Waals surface area contributed by atoms with Gasteiger partial charge in [0, 0.05) is 5.33 Å². The van der Waals surface area contributed by atoms with Crippen LogP contribution in [0.1, 0.15) is 23.4 Å². The van der Waals surface area contributed by atoms with Gasteiger partial charge >= 0.3 is 6.36 Å². The molecule has 1 rings (SSSR count). The van der Waals surface area contributed by atoms with Crippen molar-refractivity contribution in [1.29, 1.82) is 5.26 Å². The second kappa shape index (κ2) is 6.14. The molecular weight excluding hydrogens is 339 g/mol. The molecule has 1 aromatic heterocycles. The van der Waals surface area contributed by atoms with Crippen LogP contribution >= 0.6 is 15.9 Å². The zero-order valence-corrected chi connectivity index (χ0v) is 10.7. The van der Waals surface area contributed by atoms with Crippen LogP contribution in [-0.4, -0.2) is 11.3 Å². The quantitative estimate of drug-likeness (QED) is 0.615. The molecule has 0 bridgehead atoms. The van der Waals surface area contributed by atoms with E-state index in [9.17, 15) is 22.0 Å². The first kappa shape index (κ1) is 15.6. The number of rotatable bonds is 4. The highest BCUT2D eigenvalue weighted by molar-refractivity contribution is 9.08. The largest absolute Gasteiger partial charge is 0.573 e.